The zero-order chi connectivity index (χ0) is 18.4. The number of urea groups is 1. The van der Waals surface area contributed by atoms with E-state index in [1.807, 2.05) is 26.0 Å². The number of carbonyl (C=O) groups excluding carboxylic acids is 2. The van der Waals surface area contributed by atoms with Gasteiger partial charge in [-0.1, -0.05) is 38.1 Å². The number of rotatable bonds is 6. The molecular formula is C19H31ClN4O2. The molecule has 0 saturated heterocycles. The summed E-state index contributed by atoms with van der Waals surface area (Å²) in [6.07, 6.45) is 1.17. The first-order valence-corrected chi connectivity index (χ1v) is 8.86. The standard InChI is InChI=1S/C19H30N4O2.ClH/c1-19(2,13-20)14-22(3)17(24)8-10-21-18(25)23-11-9-15-6-4-5-7-16(15)12-23;/h4-7H,8-14,20H2,1-3H3,(H,21,25);1H. The first-order valence-electron chi connectivity index (χ1n) is 8.86. The minimum absolute atomic E-state index is 0. The largest absolute Gasteiger partial charge is 0.345 e. The molecule has 0 fully saturated rings. The van der Waals surface area contributed by atoms with E-state index in [-0.39, 0.29) is 29.8 Å². The van der Waals surface area contributed by atoms with Gasteiger partial charge in [-0.15, -0.1) is 12.4 Å². The normalized spacial score (nSPS) is 13.5. The summed E-state index contributed by atoms with van der Waals surface area (Å²) < 4.78 is 0. The number of benzene rings is 1. The lowest BCUT2D eigenvalue weighted by molar-refractivity contribution is -0.130. The van der Waals surface area contributed by atoms with Gasteiger partial charge >= 0.3 is 6.03 Å². The van der Waals surface area contributed by atoms with E-state index in [1.165, 1.54) is 11.1 Å². The Kier molecular flexibility index (Phi) is 8.37. The van der Waals surface area contributed by atoms with E-state index in [1.54, 1.807) is 16.8 Å². The van der Waals surface area contributed by atoms with Gasteiger partial charge in [-0.05, 0) is 29.5 Å². The molecule has 0 spiro atoms. The SMILES string of the molecule is CN(CC(C)(C)CN)C(=O)CCNC(=O)N1CCc2ccccc2C1.Cl. The zero-order valence-corrected chi connectivity index (χ0v) is 16.8. The van der Waals surface area contributed by atoms with Crippen LogP contribution in [0.3, 0.4) is 0 Å². The van der Waals surface area contributed by atoms with Crippen LogP contribution in [0, 0.1) is 5.41 Å². The van der Waals surface area contributed by atoms with Gasteiger partial charge in [0.05, 0.1) is 0 Å². The average molecular weight is 383 g/mol. The summed E-state index contributed by atoms with van der Waals surface area (Å²) in [5.41, 5.74) is 8.12. The van der Waals surface area contributed by atoms with E-state index in [0.29, 0.717) is 39.1 Å². The molecule has 6 nitrogen and oxygen atoms in total. The molecule has 0 saturated carbocycles. The Balaban J connectivity index is 0.00000338. The van der Waals surface area contributed by atoms with E-state index in [0.717, 1.165) is 6.42 Å². The van der Waals surface area contributed by atoms with Crippen molar-refractivity contribution in [3.05, 3.63) is 35.4 Å². The topological polar surface area (TPSA) is 78.7 Å². The molecule has 0 bridgehead atoms. The van der Waals surface area contributed by atoms with Crippen LogP contribution in [0.4, 0.5) is 4.79 Å². The summed E-state index contributed by atoms with van der Waals surface area (Å²) in [5, 5.41) is 2.86. The van der Waals surface area contributed by atoms with Gasteiger partial charge in [0, 0.05) is 39.6 Å². The van der Waals surface area contributed by atoms with Crippen molar-refractivity contribution in [3.8, 4) is 0 Å². The maximum Gasteiger partial charge on any atom is 0.317 e. The van der Waals surface area contributed by atoms with Crippen molar-refractivity contribution in [2.45, 2.75) is 33.2 Å². The predicted octanol–water partition coefficient (Wildman–Crippen LogP) is 2.01. The predicted molar refractivity (Wildman–Crippen MR) is 106 cm³/mol. The van der Waals surface area contributed by atoms with Crippen molar-refractivity contribution in [1.29, 1.82) is 0 Å². The Morgan fingerprint density at radius 3 is 2.58 bits per heavy atom. The number of nitrogens with two attached hydrogens (primary N) is 1. The molecule has 1 aliphatic heterocycles. The number of halogens is 1. The fraction of sp³-hybridized carbons (Fsp3) is 0.579. The summed E-state index contributed by atoms with van der Waals surface area (Å²) in [6.45, 7) is 6.89. The van der Waals surface area contributed by atoms with Crippen LogP contribution in [-0.2, 0) is 17.8 Å². The molecule has 0 aliphatic carbocycles. The van der Waals surface area contributed by atoms with Crippen LogP contribution in [0.1, 0.15) is 31.4 Å². The Morgan fingerprint density at radius 1 is 1.27 bits per heavy atom. The average Bonchev–Trinajstić information content (AvgIpc) is 2.60. The van der Waals surface area contributed by atoms with Gasteiger partial charge < -0.3 is 20.9 Å². The summed E-state index contributed by atoms with van der Waals surface area (Å²) >= 11 is 0. The van der Waals surface area contributed by atoms with Crippen molar-refractivity contribution in [1.82, 2.24) is 15.1 Å². The van der Waals surface area contributed by atoms with Crippen LogP contribution in [0.5, 0.6) is 0 Å². The fourth-order valence-corrected chi connectivity index (χ4v) is 3.04. The number of hydrogen-bond acceptors (Lipinski definition) is 3. The molecule has 146 valence electrons. The molecule has 0 radical (unpaired) electrons. The van der Waals surface area contributed by atoms with Crippen molar-refractivity contribution < 1.29 is 9.59 Å². The molecule has 0 atom stereocenters. The molecule has 1 aliphatic rings. The molecule has 0 aromatic heterocycles. The maximum atomic E-state index is 12.3. The summed E-state index contributed by atoms with van der Waals surface area (Å²) in [5.74, 6) is 0.0193. The van der Waals surface area contributed by atoms with Gasteiger partial charge in [0.2, 0.25) is 5.91 Å². The highest BCUT2D eigenvalue weighted by Crippen LogP contribution is 2.18. The Labute approximate surface area is 162 Å². The second-order valence-corrected chi connectivity index (χ2v) is 7.54. The second-order valence-electron chi connectivity index (χ2n) is 7.54. The highest BCUT2D eigenvalue weighted by molar-refractivity contribution is 5.85. The first-order chi connectivity index (χ1) is 11.8. The molecular weight excluding hydrogens is 352 g/mol. The van der Waals surface area contributed by atoms with Gasteiger partial charge in [0.25, 0.3) is 0 Å². The number of amides is 3. The van der Waals surface area contributed by atoms with Crippen molar-refractivity contribution in [2.24, 2.45) is 11.1 Å². The third kappa shape index (κ3) is 6.18. The minimum Gasteiger partial charge on any atom is -0.345 e. The highest BCUT2D eigenvalue weighted by Gasteiger charge is 2.22. The number of fused-ring (bicyclic) bond motifs is 1. The Morgan fingerprint density at radius 2 is 1.92 bits per heavy atom. The lowest BCUT2D eigenvalue weighted by Crippen LogP contribution is -2.44. The smallest absolute Gasteiger partial charge is 0.317 e. The van der Waals surface area contributed by atoms with Crippen LogP contribution in [0.25, 0.3) is 0 Å². The maximum absolute atomic E-state index is 12.3. The van der Waals surface area contributed by atoms with Crippen LogP contribution in [-0.4, -0.2) is 55.0 Å². The number of nitrogens with zero attached hydrogens (tertiary/aromatic N) is 2. The number of nitrogens with one attached hydrogen (secondary N) is 1. The van der Waals surface area contributed by atoms with Crippen LogP contribution >= 0.6 is 12.4 Å². The molecule has 1 aromatic carbocycles. The van der Waals surface area contributed by atoms with E-state index < -0.39 is 0 Å². The van der Waals surface area contributed by atoms with Crippen LogP contribution < -0.4 is 11.1 Å². The van der Waals surface area contributed by atoms with E-state index in [4.69, 9.17) is 5.73 Å². The molecule has 7 heteroatoms. The minimum atomic E-state index is -0.104. The molecule has 0 unspecified atom stereocenters. The fourth-order valence-electron chi connectivity index (χ4n) is 3.04. The van der Waals surface area contributed by atoms with Gasteiger partial charge in [0.15, 0.2) is 0 Å². The number of carbonyl (C=O) groups is 2. The molecule has 3 N–H and O–H groups in total. The zero-order valence-electron chi connectivity index (χ0n) is 16.0. The summed E-state index contributed by atoms with van der Waals surface area (Å²) in [7, 11) is 1.78. The number of hydrogen-bond donors (Lipinski definition) is 2. The highest BCUT2D eigenvalue weighted by atomic mass is 35.5. The quantitative estimate of drug-likeness (QED) is 0.789. The van der Waals surface area contributed by atoms with E-state index >= 15 is 0 Å². The molecule has 2 rings (SSSR count). The monoisotopic (exact) mass is 382 g/mol. The van der Waals surface area contributed by atoms with E-state index in [2.05, 4.69) is 17.4 Å². The van der Waals surface area contributed by atoms with Gasteiger partial charge in [-0.25, -0.2) is 4.79 Å². The van der Waals surface area contributed by atoms with E-state index in [9.17, 15) is 9.59 Å². The van der Waals surface area contributed by atoms with Gasteiger partial charge in [0.1, 0.15) is 0 Å². The molecule has 1 heterocycles. The van der Waals surface area contributed by atoms with Crippen molar-refractivity contribution in [2.75, 3.05) is 33.2 Å². The summed E-state index contributed by atoms with van der Waals surface area (Å²) in [6, 6.07) is 8.10. The van der Waals surface area contributed by atoms with Gasteiger partial charge in [-0.2, -0.15) is 0 Å². The first kappa shape index (κ1) is 22.3. The molecule has 1 aromatic rings. The molecule has 26 heavy (non-hydrogen) atoms. The Bertz CT molecular complexity index is 621. The lowest BCUT2D eigenvalue weighted by atomic mass is 9.93. The van der Waals surface area contributed by atoms with Crippen LogP contribution in [0.15, 0.2) is 24.3 Å². The molecule has 3 amide bonds. The lowest BCUT2D eigenvalue weighted by Gasteiger charge is -2.30. The van der Waals surface area contributed by atoms with Crippen molar-refractivity contribution >= 4 is 24.3 Å². The second kappa shape index (κ2) is 9.78. The third-order valence-corrected chi connectivity index (χ3v) is 4.68. The summed E-state index contributed by atoms with van der Waals surface area (Å²) in [4.78, 5) is 28.0. The van der Waals surface area contributed by atoms with Crippen molar-refractivity contribution in [3.63, 3.8) is 0 Å². The Hall–Kier alpha value is -1.79. The third-order valence-electron chi connectivity index (χ3n) is 4.68. The van der Waals surface area contributed by atoms with Gasteiger partial charge in [-0.3, -0.25) is 4.79 Å². The van der Waals surface area contributed by atoms with Crippen LogP contribution in [0.2, 0.25) is 0 Å².